The lowest BCUT2D eigenvalue weighted by Crippen LogP contribution is -3.17. The average Bonchev–Trinajstić information content (AvgIpc) is 2.78. The summed E-state index contributed by atoms with van der Waals surface area (Å²) in [6.07, 6.45) is 10.3. The van der Waals surface area contributed by atoms with Gasteiger partial charge in [0.15, 0.2) is 0 Å². The molecule has 0 atom stereocenters. The van der Waals surface area contributed by atoms with Crippen LogP contribution in [0.15, 0.2) is 28.7 Å². The van der Waals surface area contributed by atoms with Crippen molar-refractivity contribution in [3.63, 3.8) is 0 Å². The van der Waals surface area contributed by atoms with Gasteiger partial charge in [-0.25, -0.2) is 0 Å². The third kappa shape index (κ3) is 3.69. The molecule has 1 aromatic carbocycles. The summed E-state index contributed by atoms with van der Waals surface area (Å²) in [6.45, 7) is 2.24. The maximum atomic E-state index is 11.0. The second-order valence-corrected chi connectivity index (χ2v) is 7.80. The molecule has 1 heterocycles. The number of aliphatic hydroxyl groups is 1. The van der Waals surface area contributed by atoms with E-state index < -0.39 is 5.60 Å². The fourth-order valence-corrected chi connectivity index (χ4v) is 4.39. The highest BCUT2D eigenvalue weighted by molar-refractivity contribution is 9.10. The summed E-state index contributed by atoms with van der Waals surface area (Å²) in [7, 11) is 0. The highest BCUT2D eigenvalue weighted by atomic mass is 79.9. The first-order valence-electron chi connectivity index (χ1n) is 8.50. The first-order valence-corrected chi connectivity index (χ1v) is 9.30. The molecule has 0 bridgehead atoms. The highest BCUT2D eigenvalue weighted by Crippen LogP contribution is 2.30. The van der Waals surface area contributed by atoms with Crippen LogP contribution in [0.25, 0.3) is 0 Å². The van der Waals surface area contributed by atoms with Gasteiger partial charge in [0.2, 0.25) is 0 Å². The van der Waals surface area contributed by atoms with Crippen molar-refractivity contribution in [1.82, 2.24) is 0 Å². The van der Waals surface area contributed by atoms with Crippen LogP contribution in [0.3, 0.4) is 0 Å². The van der Waals surface area contributed by atoms with E-state index in [2.05, 4.69) is 28.1 Å². The summed E-state index contributed by atoms with van der Waals surface area (Å²) in [6, 6.07) is 9.07. The van der Waals surface area contributed by atoms with Crippen molar-refractivity contribution < 1.29 is 10.0 Å². The normalized spacial score (nSPS) is 31.8. The maximum Gasteiger partial charge on any atom is 0.100 e. The van der Waals surface area contributed by atoms with E-state index in [0.29, 0.717) is 0 Å². The van der Waals surface area contributed by atoms with E-state index in [1.165, 1.54) is 38.5 Å². The summed E-state index contributed by atoms with van der Waals surface area (Å²) in [5.41, 5.74) is 0.486. The third-order valence-electron chi connectivity index (χ3n) is 5.53. The molecule has 0 spiro atoms. The standard InChI is InChI=1S/C18H26BrNO/c19-16-9-7-15(8-10-16)18(21)11-13-20(14-12-18)17-5-3-1-2-4-6-17/h7-10,17,21H,1-6,11-14H2/p+1. The minimum atomic E-state index is -0.602. The van der Waals surface area contributed by atoms with Crippen LogP contribution < -0.4 is 4.90 Å². The van der Waals surface area contributed by atoms with Crippen molar-refractivity contribution in [2.45, 2.75) is 63.0 Å². The molecule has 116 valence electrons. The topological polar surface area (TPSA) is 24.7 Å². The Kier molecular flexibility index (Phi) is 5.03. The van der Waals surface area contributed by atoms with Crippen LogP contribution in [-0.4, -0.2) is 24.2 Å². The van der Waals surface area contributed by atoms with Crippen LogP contribution in [0.1, 0.15) is 56.9 Å². The summed E-state index contributed by atoms with van der Waals surface area (Å²) in [5, 5.41) is 11.0. The number of quaternary nitrogens is 1. The van der Waals surface area contributed by atoms with Gasteiger partial charge in [0.05, 0.1) is 19.1 Å². The van der Waals surface area contributed by atoms with Gasteiger partial charge in [0.1, 0.15) is 5.60 Å². The molecule has 1 aromatic rings. The van der Waals surface area contributed by atoms with E-state index in [-0.39, 0.29) is 0 Å². The average molecular weight is 353 g/mol. The Morgan fingerprint density at radius 1 is 0.952 bits per heavy atom. The Labute approximate surface area is 136 Å². The molecule has 0 radical (unpaired) electrons. The SMILES string of the molecule is OC1(c2ccc(Br)cc2)CC[NH+](C2CCCCCC2)CC1. The molecule has 0 aromatic heterocycles. The first kappa shape index (κ1) is 15.5. The van der Waals surface area contributed by atoms with Gasteiger partial charge in [-0.05, 0) is 43.4 Å². The summed E-state index contributed by atoms with van der Waals surface area (Å²) >= 11 is 3.47. The van der Waals surface area contributed by atoms with Crippen molar-refractivity contribution >= 4 is 15.9 Å². The molecule has 21 heavy (non-hydrogen) atoms. The van der Waals surface area contributed by atoms with E-state index in [9.17, 15) is 5.11 Å². The van der Waals surface area contributed by atoms with E-state index in [1.54, 1.807) is 4.90 Å². The molecule has 1 saturated carbocycles. The van der Waals surface area contributed by atoms with E-state index in [4.69, 9.17) is 0 Å². The molecule has 1 saturated heterocycles. The smallest absolute Gasteiger partial charge is 0.100 e. The van der Waals surface area contributed by atoms with Crippen molar-refractivity contribution in [1.29, 1.82) is 0 Å². The van der Waals surface area contributed by atoms with Gasteiger partial charge < -0.3 is 10.0 Å². The lowest BCUT2D eigenvalue weighted by atomic mass is 9.83. The maximum absolute atomic E-state index is 11.0. The molecular weight excluding hydrogens is 326 g/mol. The fourth-order valence-electron chi connectivity index (χ4n) is 4.13. The van der Waals surface area contributed by atoms with Crippen LogP contribution in [0, 0.1) is 0 Å². The highest BCUT2D eigenvalue weighted by Gasteiger charge is 2.38. The first-order chi connectivity index (χ1) is 10.2. The zero-order valence-corrected chi connectivity index (χ0v) is 14.4. The van der Waals surface area contributed by atoms with Crippen LogP contribution in [0.4, 0.5) is 0 Å². The van der Waals surface area contributed by atoms with Crippen molar-refractivity contribution in [2.75, 3.05) is 13.1 Å². The molecule has 0 amide bonds. The van der Waals surface area contributed by atoms with Gasteiger partial charge >= 0.3 is 0 Å². The largest absolute Gasteiger partial charge is 0.385 e. The number of rotatable bonds is 2. The predicted octanol–water partition coefficient (Wildman–Crippen LogP) is 3.04. The van der Waals surface area contributed by atoms with Gasteiger partial charge in [0.25, 0.3) is 0 Å². The van der Waals surface area contributed by atoms with Gasteiger partial charge in [-0.1, -0.05) is 40.9 Å². The molecule has 0 unspecified atom stereocenters. The molecular formula is C18H27BrNO+. The molecule has 3 heteroatoms. The van der Waals surface area contributed by atoms with Gasteiger partial charge in [-0.2, -0.15) is 0 Å². The Morgan fingerprint density at radius 2 is 1.52 bits per heavy atom. The molecule has 2 aliphatic rings. The molecule has 2 nitrogen and oxygen atoms in total. The summed E-state index contributed by atoms with van der Waals surface area (Å²) in [5.74, 6) is 0. The molecule has 2 N–H and O–H groups in total. The van der Waals surface area contributed by atoms with Gasteiger partial charge in [0, 0.05) is 17.3 Å². The number of piperidine rings is 1. The second kappa shape index (κ2) is 6.80. The minimum Gasteiger partial charge on any atom is -0.385 e. The van der Waals surface area contributed by atoms with Gasteiger partial charge in [-0.15, -0.1) is 0 Å². The van der Waals surface area contributed by atoms with E-state index in [0.717, 1.165) is 42.0 Å². The Balaban J connectivity index is 1.62. The third-order valence-corrected chi connectivity index (χ3v) is 6.06. The quantitative estimate of drug-likeness (QED) is 0.785. The number of hydrogen-bond donors (Lipinski definition) is 2. The van der Waals surface area contributed by atoms with Crippen LogP contribution in [0.2, 0.25) is 0 Å². The van der Waals surface area contributed by atoms with Gasteiger partial charge in [-0.3, -0.25) is 0 Å². The lowest BCUT2D eigenvalue weighted by Gasteiger charge is -2.39. The summed E-state index contributed by atoms with van der Waals surface area (Å²) < 4.78 is 1.08. The molecule has 1 aliphatic heterocycles. The zero-order valence-electron chi connectivity index (χ0n) is 12.8. The number of benzene rings is 1. The number of hydrogen-bond acceptors (Lipinski definition) is 1. The lowest BCUT2D eigenvalue weighted by molar-refractivity contribution is -0.933. The van der Waals surface area contributed by atoms with E-state index in [1.807, 2.05) is 12.1 Å². The van der Waals surface area contributed by atoms with Crippen LogP contribution in [-0.2, 0) is 5.60 Å². The van der Waals surface area contributed by atoms with Crippen molar-refractivity contribution in [2.24, 2.45) is 0 Å². The van der Waals surface area contributed by atoms with Crippen molar-refractivity contribution in [3.8, 4) is 0 Å². The molecule has 2 fully saturated rings. The molecule has 3 rings (SSSR count). The Bertz CT molecular complexity index is 443. The Hall–Kier alpha value is -0.380. The molecule has 1 aliphatic carbocycles. The number of halogens is 1. The predicted molar refractivity (Wildman–Crippen MR) is 89.5 cm³/mol. The summed E-state index contributed by atoms with van der Waals surface area (Å²) in [4.78, 5) is 1.75. The second-order valence-electron chi connectivity index (χ2n) is 6.89. The number of nitrogens with one attached hydrogen (secondary N) is 1. The number of likely N-dealkylation sites (tertiary alicyclic amines) is 1. The van der Waals surface area contributed by atoms with Crippen LogP contribution in [0.5, 0.6) is 0 Å². The van der Waals surface area contributed by atoms with E-state index >= 15 is 0 Å². The van der Waals surface area contributed by atoms with Crippen LogP contribution >= 0.6 is 15.9 Å². The van der Waals surface area contributed by atoms with Crippen molar-refractivity contribution in [3.05, 3.63) is 34.3 Å². The fraction of sp³-hybridized carbons (Fsp3) is 0.667. The zero-order chi connectivity index (χ0) is 14.7. The monoisotopic (exact) mass is 352 g/mol. The Morgan fingerprint density at radius 3 is 2.10 bits per heavy atom. The minimum absolute atomic E-state index is 0.602.